The van der Waals surface area contributed by atoms with Gasteiger partial charge in [-0.25, -0.2) is 9.78 Å². The molecule has 2 heterocycles. The van der Waals surface area contributed by atoms with Crippen molar-refractivity contribution in [2.75, 3.05) is 0 Å². The summed E-state index contributed by atoms with van der Waals surface area (Å²) in [5.41, 5.74) is 1.64. The molecule has 1 N–H and O–H groups in total. The van der Waals surface area contributed by atoms with Gasteiger partial charge in [0, 0.05) is 5.56 Å². The van der Waals surface area contributed by atoms with Crippen LogP contribution in [0.1, 0.15) is 0 Å². The van der Waals surface area contributed by atoms with E-state index in [2.05, 4.69) is 14.7 Å². The minimum Gasteiger partial charge on any atom is -0.406 e. The summed E-state index contributed by atoms with van der Waals surface area (Å²) in [6.45, 7) is 0. The Kier molecular flexibility index (Phi) is 2.93. The number of nitrogens with one attached hydrogen (secondary N) is 1. The highest BCUT2D eigenvalue weighted by molar-refractivity contribution is 5.73. The van der Waals surface area contributed by atoms with E-state index in [1.54, 1.807) is 12.1 Å². The molecule has 0 fully saturated rings. The molecular formula is C13H7F3N2O3. The molecule has 0 amide bonds. The fraction of sp³-hybridized carbons (Fsp3) is 0.0769. The third kappa shape index (κ3) is 2.88. The normalized spacial score (nSPS) is 11.8. The van der Waals surface area contributed by atoms with Crippen LogP contribution in [-0.2, 0) is 0 Å². The Labute approximate surface area is 115 Å². The van der Waals surface area contributed by atoms with Crippen molar-refractivity contribution in [2.45, 2.75) is 6.36 Å². The van der Waals surface area contributed by atoms with Crippen molar-refractivity contribution in [1.82, 2.24) is 9.97 Å². The Morgan fingerprint density at radius 2 is 1.81 bits per heavy atom. The number of hydrogen-bond donors (Lipinski definition) is 1. The molecule has 3 aromatic rings. The van der Waals surface area contributed by atoms with Gasteiger partial charge in [-0.15, -0.1) is 13.2 Å². The summed E-state index contributed by atoms with van der Waals surface area (Å²) in [5.74, 6) is -0.937. The average Bonchev–Trinajstić information content (AvgIpc) is 2.76. The SMILES string of the molecule is O=c1[nH]c2nc(-c3ccc(OC(F)(F)F)cc3)ccc2o1. The number of nitrogens with zero attached hydrogens (tertiary/aromatic N) is 1. The molecule has 0 saturated carbocycles. The summed E-state index contributed by atoms with van der Waals surface area (Å²) in [6.07, 6.45) is -4.73. The van der Waals surface area contributed by atoms with E-state index in [1.807, 2.05) is 0 Å². The Balaban J connectivity index is 1.93. The predicted molar refractivity (Wildman–Crippen MR) is 66.7 cm³/mol. The number of hydrogen-bond acceptors (Lipinski definition) is 4. The number of ether oxygens (including phenoxy) is 1. The lowest BCUT2D eigenvalue weighted by atomic mass is 10.1. The van der Waals surface area contributed by atoms with Gasteiger partial charge in [-0.3, -0.25) is 4.98 Å². The van der Waals surface area contributed by atoms with Crippen LogP contribution in [0.4, 0.5) is 13.2 Å². The first-order valence-corrected chi connectivity index (χ1v) is 5.77. The zero-order chi connectivity index (χ0) is 15.0. The quantitative estimate of drug-likeness (QED) is 0.789. The first-order chi connectivity index (χ1) is 9.90. The minimum atomic E-state index is -4.73. The Morgan fingerprint density at radius 3 is 2.48 bits per heavy atom. The van der Waals surface area contributed by atoms with Crippen LogP contribution in [0.25, 0.3) is 22.5 Å². The van der Waals surface area contributed by atoms with E-state index in [4.69, 9.17) is 4.42 Å². The summed E-state index contributed by atoms with van der Waals surface area (Å²) in [6, 6.07) is 8.40. The highest BCUT2D eigenvalue weighted by Gasteiger charge is 2.30. The van der Waals surface area contributed by atoms with Crippen LogP contribution in [0.5, 0.6) is 5.75 Å². The zero-order valence-corrected chi connectivity index (χ0v) is 10.3. The number of benzene rings is 1. The molecule has 0 atom stereocenters. The molecule has 0 aliphatic rings. The highest BCUT2D eigenvalue weighted by Crippen LogP contribution is 2.26. The van der Waals surface area contributed by atoms with Gasteiger partial charge in [0.15, 0.2) is 11.2 Å². The Morgan fingerprint density at radius 1 is 1.10 bits per heavy atom. The van der Waals surface area contributed by atoms with Crippen molar-refractivity contribution in [1.29, 1.82) is 0 Å². The number of rotatable bonds is 2. The molecule has 108 valence electrons. The molecule has 1 aromatic carbocycles. The molecule has 3 rings (SSSR count). The van der Waals surface area contributed by atoms with Crippen LogP contribution < -0.4 is 10.5 Å². The third-order valence-electron chi connectivity index (χ3n) is 2.67. The van der Waals surface area contributed by atoms with Crippen LogP contribution in [0.3, 0.4) is 0 Å². The summed E-state index contributed by atoms with van der Waals surface area (Å²) >= 11 is 0. The van der Waals surface area contributed by atoms with Crippen molar-refractivity contribution in [2.24, 2.45) is 0 Å². The first-order valence-electron chi connectivity index (χ1n) is 5.77. The molecule has 0 aliphatic heterocycles. The summed E-state index contributed by atoms with van der Waals surface area (Å²) in [4.78, 5) is 17.6. The molecule has 0 saturated heterocycles. The second-order valence-corrected chi connectivity index (χ2v) is 4.13. The van der Waals surface area contributed by atoms with Gasteiger partial charge < -0.3 is 9.15 Å². The molecule has 2 aromatic heterocycles. The van der Waals surface area contributed by atoms with Crippen LogP contribution in [-0.4, -0.2) is 16.3 Å². The van der Waals surface area contributed by atoms with Crippen LogP contribution in [0.15, 0.2) is 45.6 Å². The van der Waals surface area contributed by atoms with Crippen LogP contribution in [0.2, 0.25) is 0 Å². The van der Waals surface area contributed by atoms with Crippen molar-refractivity contribution >= 4 is 11.2 Å². The molecule has 0 unspecified atom stereocenters. The van der Waals surface area contributed by atoms with E-state index in [-0.39, 0.29) is 11.4 Å². The summed E-state index contributed by atoms with van der Waals surface area (Å²) in [5, 5.41) is 0. The number of alkyl halides is 3. The molecular weight excluding hydrogens is 289 g/mol. The van der Waals surface area contributed by atoms with Crippen LogP contribution >= 0.6 is 0 Å². The van der Waals surface area contributed by atoms with Crippen molar-refractivity contribution < 1.29 is 22.3 Å². The van der Waals surface area contributed by atoms with Crippen molar-refractivity contribution in [3.63, 3.8) is 0 Å². The van der Waals surface area contributed by atoms with Gasteiger partial charge in [0.25, 0.3) is 0 Å². The van der Waals surface area contributed by atoms with Gasteiger partial charge in [-0.1, -0.05) is 0 Å². The number of pyridine rings is 1. The van der Waals surface area contributed by atoms with Gasteiger partial charge in [-0.2, -0.15) is 0 Å². The second kappa shape index (κ2) is 4.65. The molecule has 0 bridgehead atoms. The number of aromatic nitrogens is 2. The maximum atomic E-state index is 12.1. The van der Waals surface area contributed by atoms with Gasteiger partial charge >= 0.3 is 12.1 Å². The van der Waals surface area contributed by atoms with E-state index in [0.29, 0.717) is 16.8 Å². The maximum absolute atomic E-state index is 12.1. The lowest BCUT2D eigenvalue weighted by molar-refractivity contribution is -0.274. The molecule has 0 spiro atoms. The Hall–Kier alpha value is -2.77. The number of H-pyrrole nitrogens is 1. The van der Waals surface area contributed by atoms with E-state index in [9.17, 15) is 18.0 Å². The second-order valence-electron chi connectivity index (χ2n) is 4.13. The number of halogens is 3. The molecule has 0 aliphatic carbocycles. The Bertz CT molecular complexity index is 834. The van der Waals surface area contributed by atoms with E-state index in [1.165, 1.54) is 24.3 Å². The minimum absolute atomic E-state index is 0.271. The van der Waals surface area contributed by atoms with Crippen LogP contribution in [0, 0.1) is 0 Å². The summed E-state index contributed by atoms with van der Waals surface area (Å²) in [7, 11) is 0. The number of oxazole rings is 1. The van der Waals surface area contributed by atoms with Gasteiger partial charge in [0.2, 0.25) is 0 Å². The molecule has 5 nitrogen and oxygen atoms in total. The third-order valence-corrected chi connectivity index (χ3v) is 2.67. The summed E-state index contributed by atoms with van der Waals surface area (Å²) < 4.78 is 44.8. The monoisotopic (exact) mass is 296 g/mol. The smallest absolute Gasteiger partial charge is 0.406 e. The zero-order valence-electron chi connectivity index (χ0n) is 10.3. The van der Waals surface area contributed by atoms with E-state index in [0.717, 1.165) is 0 Å². The molecule has 0 radical (unpaired) electrons. The number of aromatic amines is 1. The standard InChI is InChI=1S/C13H7F3N2O3/c14-13(15,16)21-8-3-1-7(2-4-8)9-5-6-10-11(17-9)18-12(19)20-10/h1-6H,(H,17,18,19). The van der Waals surface area contributed by atoms with E-state index >= 15 is 0 Å². The fourth-order valence-electron chi connectivity index (χ4n) is 1.83. The maximum Gasteiger partial charge on any atom is 0.573 e. The lowest BCUT2D eigenvalue weighted by Gasteiger charge is -2.09. The highest BCUT2D eigenvalue weighted by atomic mass is 19.4. The average molecular weight is 296 g/mol. The topological polar surface area (TPSA) is 68.1 Å². The molecule has 21 heavy (non-hydrogen) atoms. The number of fused-ring (bicyclic) bond motifs is 1. The fourth-order valence-corrected chi connectivity index (χ4v) is 1.83. The van der Waals surface area contributed by atoms with Gasteiger partial charge in [0.05, 0.1) is 5.69 Å². The van der Waals surface area contributed by atoms with Crippen molar-refractivity contribution in [3.8, 4) is 17.0 Å². The largest absolute Gasteiger partial charge is 0.573 e. The van der Waals surface area contributed by atoms with Gasteiger partial charge in [0.1, 0.15) is 5.75 Å². The van der Waals surface area contributed by atoms with Gasteiger partial charge in [-0.05, 0) is 36.4 Å². The lowest BCUT2D eigenvalue weighted by Crippen LogP contribution is -2.16. The molecule has 8 heteroatoms. The van der Waals surface area contributed by atoms with Crippen molar-refractivity contribution in [3.05, 3.63) is 46.9 Å². The predicted octanol–water partition coefficient (Wildman–Crippen LogP) is 3.08. The first kappa shape index (κ1) is 13.2. The van der Waals surface area contributed by atoms with E-state index < -0.39 is 12.1 Å².